The lowest BCUT2D eigenvalue weighted by Crippen LogP contribution is -2.53. The molecule has 1 aliphatic rings. The van der Waals surface area contributed by atoms with E-state index in [2.05, 4.69) is 29.1 Å². The molecule has 0 unspecified atom stereocenters. The highest BCUT2D eigenvalue weighted by Gasteiger charge is 2.22. The normalized spacial score (nSPS) is 19.9. The standard InChI is InChI=1S/C16H24ClN3O2/c1-13-11-19(2)7-8-20(13)12-16(21)18-6-9-22-15-5-3-4-14(17)10-15/h3-5,10,13H,6-9,11-12H2,1-2H3,(H,18,21)/t13-/m1/s1. The van der Waals surface area contributed by atoms with Crippen molar-refractivity contribution in [1.29, 1.82) is 0 Å². The third kappa shape index (κ3) is 5.48. The van der Waals surface area contributed by atoms with E-state index in [4.69, 9.17) is 16.3 Å². The predicted octanol–water partition coefficient (Wildman–Crippen LogP) is 1.47. The number of amides is 1. The molecular formula is C16H24ClN3O2. The van der Waals surface area contributed by atoms with Gasteiger partial charge in [-0.2, -0.15) is 0 Å². The van der Waals surface area contributed by atoms with E-state index < -0.39 is 0 Å². The number of carbonyl (C=O) groups excluding carboxylic acids is 1. The van der Waals surface area contributed by atoms with Gasteiger partial charge in [0.25, 0.3) is 0 Å². The van der Waals surface area contributed by atoms with Gasteiger partial charge in [0.1, 0.15) is 12.4 Å². The van der Waals surface area contributed by atoms with Gasteiger partial charge in [0.05, 0.1) is 13.1 Å². The van der Waals surface area contributed by atoms with Crippen LogP contribution in [-0.4, -0.2) is 68.1 Å². The Morgan fingerprint density at radius 2 is 2.27 bits per heavy atom. The number of likely N-dealkylation sites (N-methyl/N-ethyl adjacent to an activating group) is 1. The van der Waals surface area contributed by atoms with Gasteiger partial charge in [0.15, 0.2) is 0 Å². The van der Waals surface area contributed by atoms with Crippen molar-refractivity contribution in [2.45, 2.75) is 13.0 Å². The molecule has 22 heavy (non-hydrogen) atoms. The number of benzene rings is 1. The Bertz CT molecular complexity index is 498. The molecule has 0 saturated carbocycles. The first-order valence-electron chi connectivity index (χ1n) is 7.62. The molecule has 6 heteroatoms. The van der Waals surface area contributed by atoms with Crippen LogP contribution in [0.2, 0.25) is 5.02 Å². The molecule has 1 amide bonds. The smallest absolute Gasteiger partial charge is 0.234 e. The van der Waals surface area contributed by atoms with E-state index in [0.29, 0.717) is 30.8 Å². The lowest BCUT2D eigenvalue weighted by atomic mass is 10.2. The van der Waals surface area contributed by atoms with Gasteiger partial charge in [-0.15, -0.1) is 0 Å². The van der Waals surface area contributed by atoms with Crippen molar-refractivity contribution in [2.75, 3.05) is 46.4 Å². The summed E-state index contributed by atoms with van der Waals surface area (Å²) in [5.41, 5.74) is 0. The van der Waals surface area contributed by atoms with Crippen LogP contribution in [0.5, 0.6) is 5.75 Å². The summed E-state index contributed by atoms with van der Waals surface area (Å²) < 4.78 is 5.54. The number of halogens is 1. The molecule has 1 fully saturated rings. The average molecular weight is 326 g/mol. The van der Waals surface area contributed by atoms with Crippen molar-refractivity contribution in [3.63, 3.8) is 0 Å². The number of piperazine rings is 1. The fourth-order valence-corrected chi connectivity index (χ4v) is 2.75. The molecule has 1 aromatic carbocycles. The van der Waals surface area contributed by atoms with Gasteiger partial charge in [-0.25, -0.2) is 0 Å². The summed E-state index contributed by atoms with van der Waals surface area (Å²) in [5.74, 6) is 0.764. The second kappa shape index (κ2) is 8.36. The third-order valence-corrected chi connectivity index (χ3v) is 4.04. The zero-order chi connectivity index (χ0) is 15.9. The number of hydrogen-bond acceptors (Lipinski definition) is 4. The maximum absolute atomic E-state index is 12.0. The van der Waals surface area contributed by atoms with Gasteiger partial charge in [-0.1, -0.05) is 17.7 Å². The number of nitrogens with one attached hydrogen (secondary N) is 1. The van der Waals surface area contributed by atoms with E-state index in [1.807, 2.05) is 12.1 Å². The Hall–Kier alpha value is -1.30. The van der Waals surface area contributed by atoms with Crippen LogP contribution in [0.15, 0.2) is 24.3 Å². The van der Waals surface area contributed by atoms with Gasteiger partial charge in [0.2, 0.25) is 5.91 Å². The summed E-state index contributed by atoms with van der Waals surface area (Å²) in [6.45, 7) is 6.49. The minimum Gasteiger partial charge on any atom is -0.492 e. The molecule has 0 aromatic heterocycles. The van der Waals surface area contributed by atoms with Crippen LogP contribution in [0.4, 0.5) is 0 Å². The van der Waals surface area contributed by atoms with E-state index in [9.17, 15) is 4.79 Å². The topological polar surface area (TPSA) is 44.8 Å². The molecule has 5 nitrogen and oxygen atoms in total. The van der Waals surface area contributed by atoms with Crippen molar-refractivity contribution in [3.8, 4) is 5.75 Å². The Balaban J connectivity index is 1.63. The first-order chi connectivity index (χ1) is 10.5. The predicted molar refractivity (Wildman–Crippen MR) is 88.5 cm³/mol. The zero-order valence-corrected chi connectivity index (χ0v) is 14.0. The zero-order valence-electron chi connectivity index (χ0n) is 13.2. The molecule has 2 rings (SSSR count). The van der Waals surface area contributed by atoms with Crippen LogP contribution >= 0.6 is 11.6 Å². The molecule has 1 aliphatic heterocycles. The van der Waals surface area contributed by atoms with Crippen molar-refractivity contribution in [2.24, 2.45) is 0 Å². The van der Waals surface area contributed by atoms with Crippen LogP contribution < -0.4 is 10.1 Å². The van der Waals surface area contributed by atoms with Gasteiger partial charge in [-0.3, -0.25) is 9.69 Å². The second-order valence-electron chi connectivity index (χ2n) is 5.74. The lowest BCUT2D eigenvalue weighted by Gasteiger charge is -2.37. The highest BCUT2D eigenvalue weighted by Crippen LogP contribution is 2.16. The molecule has 1 N–H and O–H groups in total. The maximum Gasteiger partial charge on any atom is 0.234 e. The van der Waals surface area contributed by atoms with Gasteiger partial charge in [-0.05, 0) is 32.2 Å². The molecule has 1 saturated heterocycles. The Labute approximate surface area is 137 Å². The van der Waals surface area contributed by atoms with Gasteiger partial charge >= 0.3 is 0 Å². The molecule has 0 aliphatic carbocycles. The van der Waals surface area contributed by atoms with Crippen molar-refractivity contribution >= 4 is 17.5 Å². The van der Waals surface area contributed by atoms with Crippen molar-refractivity contribution in [1.82, 2.24) is 15.1 Å². The minimum absolute atomic E-state index is 0.0473. The molecular weight excluding hydrogens is 302 g/mol. The summed E-state index contributed by atoms with van der Waals surface area (Å²) in [5, 5.41) is 3.54. The Morgan fingerprint density at radius 3 is 3.00 bits per heavy atom. The maximum atomic E-state index is 12.0. The summed E-state index contributed by atoms with van der Waals surface area (Å²) >= 11 is 5.88. The molecule has 1 aromatic rings. The van der Waals surface area contributed by atoms with E-state index in [-0.39, 0.29) is 5.91 Å². The van der Waals surface area contributed by atoms with E-state index in [1.165, 1.54) is 0 Å². The largest absolute Gasteiger partial charge is 0.492 e. The first-order valence-corrected chi connectivity index (χ1v) is 8.00. The number of hydrogen-bond donors (Lipinski definition) is 1. The third-order valence-electron chi connectivity index (χ3n) is 3.80. The highest BCUT2D eigenvalue weighted by atomic mass is 35.5. The molecule has 0 bridgehead atoms. The van der Waals surface area contributed by atoms with Gasteiger partial charge in [0, 0.05) is 30.7 Å². The van der Waals surface area contributed by atoms with Crippen LogP contribution in [0.25, 0.3) is 0 Å². The van der Waals surface area contributed by atoms with Crippen molar-refractivity contribution in [3.05, 3.63) is 29.3 Å². The first kappa shape index (κ1) is 17.1. The van der Waals surface area contributed by atoms with E-state index in [0.717, 1.165) is 25.4 Å². The van der Waals surface area contributed by atoms with Crippen LogP contribution in [0.3, 0.4) is 0 Å². The number of rotatable bonds is 6. The fourth-order valence-electron chi connectivity index (χ4n) is 2.57. The van der Waals surface area contributed by atoms with E-state index >= 15 is 0 Å². The molecule has 1 heterocycles. The SMILES string of the molecule is C[C@@H]1CN(C)CCN1CC(=O)NCCOc1cccc(Cl)c1. The summed E-state index contributed by atoms with van der Waals surface area (Å²) in [6.07, 6.45) is 0. The summed E-state index contributed by atoms with van der Waals surface area (Å²) in [6, 6.07) is 7.65. The van der Waals surface area contributed by atoms with Crippen molar-refractivity contribution < 1.29 is 9.53 Å². The minimum atomic E-state index is 0.0473. The second-order valence-corrected chi connectivity index (χ2v) is 6.17. The number of ether oxygens (including phenoxy) is 1. The average Bonchev–Trinajstić information content (AvgIpc) is 2.47. The monoisotopic (exact) mass is 325 g/mol. The molecule has 0 spiro atoms. The molecule has 0 radical (unpaired) electrons. The van der Waals surface area contributed by atoms with Crippen LogP contribution in [0, 0.1) is 0 Å². The summed E-state index contributed by atoms with van der Waals surface area (Å²) in [7, 11) is 2.11. The van der Waals surface area contributed by atoms with Gasteiger partial charge < -0.3 is 15.0 Å². The molecule has 1 atom stereocenters. The lowest BCUT2D eigenvalue weighted by molar-refractivity contribution is -0.123. The highest BCUT2D eigenvalue weighted by molar-refractivity contribution is 6.30. The number of nitrogens with zero attached hydrogens (tertiary/aromatic N) is 2. The summed E-state index contributed by atoms with van der Waals surface area (Å²) in [4.78, 5) is 16.5. The molecule has 122 valence electrons. The quantitative estimate of drug-likeness (QED) is 0.805. The Morgan fingerprint density at radius 1 is 1.45 bits per heavy atom. The van der Waals surface area contributed by atoms with E-state index in [1.54, 1.807) is 12.1 Å². The Kier molecular flexibility index (Phi) is 6.49. The van der Waals surface area contributed by atoms with Crippen LogP contribution in [-0.2, 0) is 4.79 Å². The fraction of sp³-hybridized carbons (Fsp3) is 0.562. The number of carbonyl (C=O) groups is 1. The van der Waals surface area contributed by atoms with Crippen LogP contribution in [0.1, 0.15) is 6.92 Å².